The van der Waals surface area contributed by atoms with Crippen molar-refractivity contribution in [2.75, 3.05) is 0 Å². The van der Waals surface area contributed by atoms with Crippen LogP contribution in [0, 0.1) is 0 Å². The monoisotopic (exact) mass is 240 g/mol. The summed E-state index contributed by atoms with van der Waals surface area (Å²) in [5, 5.41) is 0. The summed E-state index contributed by atoms with van der Waals surface area (Å²) in [7, 11) is 0. The van der Waals surface area contributed by atoms with Crippen molar-refractivity contribution < 1.29 is 4.79 Å². The number of hydrogen-bond acceptors (Lipinski definition) is 3. The molecule has 0 fully saturated rings. The molecule has 0 bridgehead atoms. The molecule has 3 heteroatoms. The number of carbonyl (C=O) groups excluding carboxylic acids is 1. The summed E-state index contributed by atoms with van der Waals surface area (Å²) < 4.78 is 0. The highest BCUT2D eigenvalue weighted by atomic mass is 16.1. The van der Waals surface area contributed by atoms with Gasteiger partial charge in [-0.1, -0.05) is 60.7 Å². The number of ketones is 1. The lowest BCUT2D eigenvalue weighted by Gasteiger charge is -2.19. The average Bonchev–Trinajstić information content (AvgIpc) is 2.47. The van der Waals surface area contributed by atoms with Crippen LogP contribution in [-0.2, 0) is 0 Å². The number of Topliss-reactive ketones (excluding diaryl/α,β-unsaturated/α-hetero) is 1. The zero-order valence-electron chi connectivity index (χ0n) is 9.99. The Hall–Kier alpha value is -1.97. The van der Waals surface area contributed by atoms with Gasteiger partial charge < -0.3 is 11.5 Å². The van der Waals surface area contributed by atoms with Gasteiger partial charge in [0.15, 0.2) is 5.78 Å². The van der Waals surface area contributed by atoms with Crippen LogP contribution in [0.2, 0.25) is 0 Å². The molecule has 2 rings (SSSR count). The fourth-order valence-electron chi connectivity index (χ4n) is 1.84. The van der Waals surface area contributed by atoms with Crippen LogP contribution in [0.3, 0.4) is 0 Å². The summed E-state index contributed by atoms with van der Waals surface area (Å²) in [5.41, 5.74) is 13.4. The average molecular weight is 240 g/mol. The lowest BCUT2D eigenvalue weighted by molar-refractivity contribution is 0.0949. The van der Waals surface area contributed by atoms with Crippen molar-refractivity contribution in [3.8, 4) is 0 Å². The number of nitrogens with two attached hydrogens (primary N) is 2. The minimum absolute atomic E-state index is 0.132. The van der Waals surface area contributed by atoms with E-state index in [0.29, 0.717) is 5.56 Å². The van der Waals surface area contributed by atoms with Crippen LogP contribution in [-0.4, -0.2) is 11.8 Å². The van der Waals surface area contributed by atoms with Gasteiger partial charge in [0, 0.05) is 5.56 Å². The second kappa shape index (κ2) is 5.58. The van der Waals surface area contributed by atoms with Gasteiger partial charge in [0.2, 0.25) is 0 Å². The molecule has 0 aromatic heterocycles. The van der Waals surface area contributed by atoms with Gasteiger partial charge >= 0.3 is 0 Å². The quantitative estimate of drug-likeness (QED) is 0.802. The van der Waals surface area contributed by atoms with Gasteiger partial charge in [0.05, 0.1) is 12.1 Å². The molecule has 0 saturated heterocycles. The Morgan fingerprint density at radius 1 is 0.833 bits per heavy atom. The molecule has 0 aliphatic heterocycles. The molecule has 2 aromatic rings. The van der Waals surface area contributed by atoms with E-state index in [-0.39, 0.29) is 5.78 Å². The first-order valence-corrected chi connectivity index (χ1v) is 5.85. The molecule has 18 heavy (non-hydrogen) atoms. The van der Waals surface area contributed by atoms with Crippen molar-refractivity contribution in [1.29, 1.82) is 0 Å². The molecule has 0 spiro atoms. The first-order chi connectivity index (χ1) is 8.70. The second-order valence-electron chi connectivity index (χ2n) is 4.19. The van der Waals surface area contributed by atoms with Crippen LogP contribution in [0.15, 0.2) is 60.7 Å². The SMILES string of the molecule is NC(C(=O)c1ccccc1)C(N)c1ccccc1. The van der Waals surface area contributed by atoms with Gasteiger partial charge in [-0.2, -0.15) is 0 Å². The van der Waals surface area contributed by atoms with Gasteiger partial charge in [-0.25, -0.2) is 0 Å². The van der Waals surface area contributed by atoms with Crippen molar-refractivity contribution in [3.63, 3.8) is 0 Å². The Balaban J connectivity index is 2.17. The van der Waals surface area contributed by atoms with Crippen molar-refractivity contribution >= 4 is 5.78 Å². The lowest BCUT2D eigenvalue weighted by atomic mass is 9.94. The van der Waals surface area contributed by atoms with Gasteiger partial charge in [-0.3, -0.25) is 4.79 Å². The van der Waals surface area contributed by atoms with Gasteiger partial charge in [0.1, 0.15) is 0 Å². The molecule has 0 amide bonds. The van der Waals surface area contributed by atoms with E-state index >= 15 is 0 Å². The summed E-state index contributed by atoms with van der Waals surface area (Å²) in [6.07, 6.45) is 0. The van der Waals surface area contributed by atoms with E-state index in [4.69, 9.17) is 11.5 Å². The van der Waals surface area contributed by atoms with Crippen LogP contribution in [0.4, 0.5) is 0 Å². The maximum Gasteiger partial charge on any atom is 0.181 e. The molecule has 0 aliphatic rings. The fourth-order valence-corrected chi connectivity index (χ4v) is 1.84. The van der Waals surface area contributed by atoms with Crippen molar-refractivity contribution in [1.82, 2.24) is 0 Å². The molecule has 0 saturated carbocycles. The third-order valence-corrected chi connectivity index (χ3v) is 2.93. The Bertz CT molecular complexity index is 511. The first-order valence-electron chi connectivity index (χ1n) is 5.85. The third kappa shape index (κ3) is 2.64. The standard InChI is InChI=1S/C15H16N2O/c16-13(11-7-3-1-4-8-11)14(17)15(18)12-9-5-2-6-10-12/h1-10,13-14H,16-17H2. The first kappa shape index (κ1) is 12.5. The maximum absolute atomic E-state index is 12.2. The largest absolute Gasteiger partial charge is 0.322 e. The minimum Gasteiger partial charge on any atom is -0.322 e. The summed E-state index contributed by atoms with van der Waals surface area (Å²) in [4.78, 5) is 12.2. The Labute approximate surface area is 106 Å². The Morgan fingerprint density at radius 2 is 1.33 bits per heavy atom. The Kier molecular flexibility index (Phi) is 3.87. The van der Waals surface area contributed by atoms with Crippen LogP contribution in [0.1, 0.15) is 22.0 Å². The van der Waals surface area contributed by atoms with E-state index in [1.54, 1.807) is 12.1 Å². The van der Waals surface area contributed by atoms with E-state index < -0.39 is 12.1 Å². The fraction of sp³-hybridized carbons (Fsp3) is 0.133. The van der Waals surface area contributed by atoms with Crippen LogP contribution >= 0.6 is 0 Å². The number of hydrogen-bond donors (Lipinski definition) is 2. The maximum atomic E-state index is 12.2. The van der Waals surface area contributed by atoms with Crippen molar-refractivity contribution in [3.05, 3.63) is 71.8 Å². The highest BCUT2D eigenvalue weighted by molar-refractivity contribution is 6.00. The normalized spacial score (nSPS) is 13.9. The van der Waals surface area contributed by atoms with E-state index in [1.165, 1.54) is 0 Å². The van der Waals surface area contributed by atoms with Crippen molar-refractivity contribution in [2.24, 2.45) is 11.5 Å². The van der Waals surface area contributed by atoms with Gasteiger partial charge in [-0.15, -0.1) is 0 Å². The van der Waals surface area contributed by atoms with Gasteiger partial charge in [0.25, 0.3) is 0 Å². The van der Waals surface area contributed by atoms with Crippen LogP contribution in [0.25, 0.3) is 0 Å². The lowest BCUT2D eigenvalue weighted by Crippen LogP contribution is -2.41. The summed E-state index contributed by atoms with van der Waals surface area (Å²) in [5.74, 6) is -0.132. The highest BCUT2D eigenvalue weighted by Crippen LogP contribution is 2.15. The van der Waals surface area contributed by atoms with E-state index in [0.717, 1.165) is 5.56 Å². The molecular weight excluding hydrogens is 224 g/mol. The van der Waals surface area contributed by atoms with E-state index in [1.807, 2.05) is 48.5 Å². The predicted molar refractivity (Wildman–Crippen MR) is 72.1 cm³/mol. The topological polar surface area (TPSA) is 69.1 Å². The van der Waals surface area contributed by atoms with Gasteiger partial charge in [-0.05, 0) is 5.56 Å². The molecule has 0 heterocycles. The van der Waals surface area contributed by atoms with E-state index in [9.17, 15) is 4.79 Å². The number of rotatable bonds is 4. The molecule has 2 aromatic carbocycles. The van der Waals surface area contributed by atoms with Crippen molar-refractivity contribution in [2.45, 2.75) is 12.1 Å². The Morgan fingerprint density at radius 3 is 1.89 bits per heavy atom. The molecule has 4 N–H and O–H groups in total. The third-order valence-electron chi connectivity index (χ3n) is 2.93. The summed E-state index contributed by atoms with van der Waals surface area (Å²) in [6, 6.07) is 17.2. The van der Waals surface area contributed by atoms with Crippen LogP contribution < -0.4 is 11.5 Å². The molecule has 2 atom stereocenters. The summed E-state index contributed by atoms with van der Waals surface area (Å²) in [6.45, 7) is 0. The van der Waals surface area contributed by atoms with E-state index in [2.05, 4.69) is 0 Å². The highest BCUT2D eigenvalue weighted by Gasteiger charge is 2.23. The smallest absolute Gasteiger partial charge is 0.181 e. The summed E-state index contributed by atoms with van der Waals surface area (Å²) >= 11 is 0. The second-order valence-corrected chi connectivity index (χ2v) is 4.19. The number of benzene rings is 2. The zero-order valence-corrected chi connectivity index (χ0v) is 9.99. The zero-order chi connectivity index (χ0) is 13.0. The number of carbonyl (C=O) groups is 1. The molecule has 2 unspecified atom stereocenters. The predicted octanol–water partition coefficient (Wildman–Crippen LogP) is 1.90. The molecule has 0 aliphatic carbocycles. The molecule has 0 radical (unpaired) electrons. The van der Waals surface area contributed by atoms with Crippen LogP contribution in [0.5, 0.6) is 0 Å². The molecular formula is C15H16N2O. The molecule has 3 nitrogen and oxygen atoms in total. The molecule has 92 valence electrons. The minimum atomic E-state index is -0.727.